The van der Waals surface area contributed by atoms with Gasteiger partial charge in [-0.25, -0.2) is 0 Å². The van der Waals surface area contributed by atoms with Crippen molar-refractivity contribution in [2.45, 2.75) is 38.1 Å². The normalized spacial score (nSPS) is 20.8. The van der Waals surface area contributed by atoms with Gasteiger partial charge in [0.1, 0.15) is 0 Å². The Morgan fingerprint density at radius 2 is 1.83 bits per heavy atom. The Balaban J connectivity index is 2.27. The molecule has 0 radical (unpaired) electrons. The third-order valence-corrected chi connectivity index (χ3v) is 3.24. The van der Waals surface area contributed by atoms with E-state index in [1.807, 2.05) is 0 Å². The fraction of sp³-hybridized carbons (Fsp3) is 0.833. The van der Waals surface area contributed by atoms with E-state index >= 15 is 0 Å². The van der Waals surface area contributed by atoms with Crippen LogP contribution in [0.4, 0.5) is 0 Å². The van der Waals surface area contributed by atoms with E-state index in [-0.39, 0.29) is 12.8 Å². The topological polar surface area (TPSA) is 89.9 Å². The van der Waals surface area contributed by atoms with Crippen LogP contribution in [0.5, 0.6) is 0 Å². The number of carbonyl (C=O) groups is 2. The third-order valence-electron chi connectivity index (χ3n) is 3.24. The summed E-state index contributed by atoms with van der Waals surface area (Å²) in [6, 6.07) is 0.340. The van der Waals surface area contributed by atoms with Gasteiger partial charge in [0.15, 0.2) is 0 Å². The van der Waals surface area contributed by atoms with Crippen molar-refractivity contribution in [1.29, 1.82) is 0 Å². The highest BCUT2D eigenvalue weighted by molar-refractivity contribution is 5.66. The number of carboxylic acids is 2. The molecule has 0 spiro atoms. The monoisotopic (exact) mass is 258 g/mol. The summed E-state index contributed by atoms with van der Waals surface area (Å²) in [5.74, 6) is -1.51. The lowest BCUT2D eigenvalue weighted by molar-refractivity contribution is -0.138. The maximum atomic E-state index is 10.5. The molecule has 1 rings (SSSR count). The number of aliphatic carboxylic acids is 2. The minimum Gasteiger partial charge on any atom is -0.481 e. The van der Waals surface area contributed by atoms with Crippen LogP contribution in [-0.2, 0) is 9.59 Å². The van der Waals surface area contributed by atoms with Crippen molar-refractivity contribution in [3.8, 4) is 0 Å². The number of nitrogens with zero attached hydrogens (tertiary/aromatic N) is 1. The van der Waals surface area contributed by atoms with Crippen LogP contribution in [0.2, 0.25) is 0 Å². The van der Waals surface area contributed by atoms with Crippen molar-refractivity contribution in [3.05, 3.63) is 0 Å². The summed E-state index contributed by atoms with van der Waals surface area (Å²) in [7, 11) is 0. The van der Waals surface area contributed by atoms with E-state index in [0.717, 1.165) is 32.6 Å². The zero-order valence-corrected chi connectivity index (χ0v) is 10.6. The minimum atomic E-state index is -0.757. The lowest BCUT2D eigenvalue weighted by Crippen LogP contribution is -2.51. The fourth-order valence-electron chi connectivity index (χ4n) is 2.30. The molecule has 0 aromatic rings. The first kappa shape index (κ1) is 14.9. The van der Waals surface area contributed by atoms with Crippen molar-refractivity contribution < 1.29 is 19.8 Å². The number of hydrogen-bond donors (Lipinski definition) is 3. The second-order valence-electron chi connectivity index (χ2n) is 4.68. The van der Waals surface area contributed by atoms with Crippen molar-refractivity contribution in [3.63, 3.8) is 0 Å². The van der Waals surface area contributed by atoms with Gasteiger partial charge < -0.3 is 15.5 Å². The molecule has 6 heteroatoms. The van der Waals surface area contributed by atoms with Gasteiger partial charge in [-0.1, -0.05) is 0 Å². The Bertz CT molecular complexity index is 255. The first-order chi connectivity index (χ1) is 8.59. The molecular formula is C12H22N2O4. The summed E-state index contributed by atoms with van der Waals surface area (Å²) in [5, 5.41) is 20.5. The van der Waals surface area contributed by atoms with E-state index in [2.05, 4.69) is 10.2 Å². The van der Waals surface area contributed by atoms with Crippen LogP contribution in [-0.4, -0.2) is 59.3 Å². The van der Waals surface area contributed by atoms with Gasteiger partial charge in [0.25, 0.3) is 0 Å². The van der Waals surface area contributed by atoms with Gasteiger partial charge in [0.2, 0.25) is 0 Å². The smallest absolute Gasteiger partial charge is 0.303 e. The van der Waals surface area contributed by atoms with E-state index in [0.29, 0.717) is 18.9 Å². The lowest BCUT2D eigenvalue weighted by atomic mass is 10.1. The molecule has 0 saturated carbocycles. The van der Waals surface area contributed by atoms with E-state index in [4.69, 9.17) is 10.2 Å². The molecule has 1 atom stereocenters. The van der Waals surface area contributed by atoms with Gasteiger partial charge in [-0.05, 0) is 25.8 Å². The predicted octanol–water partition coefficient (Wildman–Crippen LogP) is 0.380. The fourth-order valence-corrected chi connectivity index (χ4v) is 2.30. The molecule has 6 nitrogen and oxygen atoms in total. The molecule has 1 aliphatic heterocycles. The molecule has 1 aliphatic rings. The molecular weight excluding hydrogens is 236 g/mol. The van der Waals surface area contributed by atoms with Crippen LogP contribution in [0.3, 0.4) is 0 Å². The summed E-state index contributed by atoms with van der Waals surface area (Å²) in [6.45, 7) is 3.48. The number of carboxylic acid groups (broad SMARTS) is 2. The molecule has 0 aromatic carbocycles. The van der Waals surface area contributed by atoms with E-state index < -0.39 is 11.9 Å². The Morgan fingerprint density at radius 1 is 1.17 bits per heavy atom. The van der Waals surface area contributed by atoms with E-state index in [9.17, 15) is 9.59 Å². The molecule has 0 aliphatic carbocycles. The number of hydrogen-bond acceptors (Lipinski definition) is 4. The molecule has 1 saturated heterocycles. The van der Waals surface area contributed by atoms with Crippen LogP contribution in [0, 0.1) is 0 Å². The average molecular weight is 258 g/mol. The van der Waals surface area contributed by atoms with Crippen molar-refractivity contribution in [2.75, 3.05) is 26.2 Å². The van der Waals surface area contributed by atoms with Gasteiger partial charge in [-0.15, -0.1) is 0 Å². The summed E-state index contributed by atoms with van der Waals surface area (Å²) in [6.07, 6.45) is 2.60. The van der Waals surface area contributed by atoms with Gasteiger partial charge in [0.05, 0.1) is 0 Å². The molecule has 1 fully saturated rings. The molecule has 0 aromatic heterocycles. The zero-order valence-electron chi connectivity index (χ0n) is 10.6. The summed E-state index contributed by atoms with van der Waals surface area (Å²) in [5.41, 5.74) is 0. The third kappa shape index (κ3) is 5.97. The standard InChI is InChI=1S/C12H22N2O4/c15-11(16)4-1-3-10-9-13-6-8-14(10)7-2-5-12(17)18/h10,13H,1-9H2,(H,15,16)(H,17,18). The Hall–Kier alpha value is -1.14. The highest BCUT2D eigenvalue weighted by atomic mass is 16.4. The molecule has 0 amide bonds. The number of rotatable bonds is 8. The van der Waals surface area contributed by atoms with Crippen LogP contribution in [0.1, 0.15) is 32.1 Å². The van der Waals surface area contributed by atoms with Crippen molar-refractivity contribution in [1.82, 2.24) is 10.2 Å². The highest BCUT2D eigenvalue weighted by Gasteiger charge is 2.21. The molecule has 1 heterocycles. The van der Waals surface area contributed by atoms with E-state index in [1.54, 1.807) is 0 Å². The number of nitrogens with one attached hydrogen (secondary N) is 1. The van der Waals surface area contributed by atoms with Crippen molar-refractivity contribution in [2.24, 2.45) is 0 Å². The predicted molar refractivity (Wildman–Crippen MR) is 66.6 cm³/mol. The maximum absolute atomic E-state index is 10.5. The Morgan fingerprint density at radius 3 is 2.50 bits per heavy atom. The Kier molecular flexibility index (Phi) is 6.67. The zero-order chi connectivity index (χ0) is 13.4. The van der Waals surface area contributed by atoms with Crippen LogP contribution >= 0.6 is 0 Å². The summed E-state index contributed by atoms with van der Waals surface area (Å²) >= 11 is 0. The maximum Gasteiger partial charge on any atom is 0.303 e. The van der Waals surface area contributed by atoms with Gasteiger partial charge in [0, 0.05) is 38.5 Å². The Labute approximate surface area is 107 Å². The SMILES string of the molecule is O=C(O)CCCC1CNCCN1CCCC(=O)O. The quantitative estimate of drug-likeness (QED) is 0.583. The minimum absolute atomic E-state index is 0.200. The number of piperazine rings is 1. The lowest BCUT2D eigenvalue weighted by Gasteiger charge is -2.36. The average Bonchev–Trinajstić information content (AvgIpc) is 2.30. The summed E-state index contributed by atoms with van der Waals surface area (Å²) in [4.78, 5) is 23.2. The van der Waals surface area contributed by atoms with Crippen LogP contribution in [0.25, 0.3) is 0 Å². The van der Waals surface area contributed by atoms with E-state index in [1.165, 1.54) is 0 Å². The van der Waals surface area contributed by atoms with Crippen LogP contribution in [0.15, 0.2) is 0 Å². The van der Waals surface area contributed by atoms with Gasteiger partial charge in [-0.3, -0.25) is 14.5 Å². The molecule has 1 unspecified atom stereocenters. The molecule has 18 heavy (non-hydrogen) atoms. The van der Waals surface area contributed by atoms with Crippen molar-refractivity contribution >= 4 is 11.9 Å². The second kappa shape index (κ2) is 8.05. The first-order valence-electron chi connectivity index (χ1n) is 6.48. The largest absolute Gasteiger partial charge is 0.481 e. The molecule has 0 bridgehead atoms. The van der Waals surface area contributed by atoms with Gasteiger partial charge in [-0.2, -0.15) is 0 Å². The molecule has 104 valence electrons. The van der Waals surface area contributed by atoms with Crippen LogP contribution < -0.4 is 5.32 Å². The second-order valence-corrected chi connectivity index (χ2v) is 4.68. The highest BCUT2D eigenvalue weighted by Crippen LogP contribution is 2.12. The molecule has 3 N–H and O–H groups in total. The van der Waals surface area contributed by atoms with Gasteiger partial charge >= 0.3 is 11.9 Å². The summed E-state index contributed by atoms with van der Waals surface area (Å²) < 4.78 is 0. The first-order valence-corrected chi connectivity index (χ1v) is 6.48.